The van der Waals surface area contributed by atoms with Crippen LogP contribution in [0.2, 0.25) is 0 Å². The standard InChI is InChI=1S/C9H14O/c1-7(2)9(5-6-10)8(3)4/h6,9H,1,3,5H2,2,4H3. The highest BCUT2D eigenvalue weighted by Crippen LogP contribution is 2.19. The predicted octanol–water partition coefficient (Wildman–Crippen LogP) is 2.34. The molecule has 0 aromatic carbocycles. The number of hydrogen-bond donors (Lipinski definition) is 0. The van der Waals surface area contributed by atoms with Crippen molar-refractivity contribution in [3.63, 3.8) is 0 Å². The molecular weight excluding hydrogens is 124 g/mol. The second-order valence-electron chi connectivity index (χ2n) is 2.65. The van der Waals surface area contributed by atoms with Gasteiger partial charge in [0.2, 0.25) is 0 Å². The second kappa shape index (κ2) is 4.04. The summed E-state index contributed by atoms with van der Waals surface area (Å²) in [6.45, 7) is 11.4. The monoisotopic (exact) mass is 138 g/mol. The van der Waals surface area contributed by atoms with Crippen molar-refractivity contribution in [3.05, 3.63) is 24.3 Å². The first-order valence-electron chi connectivity index (χ1n) is 3.34. The van der Waals surface area contributed by atoms with Crippen LogP contribution in [0.4, 0.5) is 0 Å². The van der Waals surface area contributed by atoms with Crippen LogP contribution in [0.25, 0.3) is 0 Å². The summed E-state index contributed by atoms with van der Waals surface area (Å²) in [5, 5.41) is 0. The molecule has 0 rings (SSSR count). The molecular formula is C9H14O. The number of rotatable bonds is 4. The molecule has 0 atom stereocenters. The molecule has 0 fully saturated rings. The van der Waals surface area contributed by atoms with Crippen molar-refractivity contribution < 1.29 is 4.79 Å². The van der Waals surface area contributed by atoms with Gasteiger partial charge in [0.15, 0.2) is 0 Å². The molecule has 0 saturated carbocycles. The minimum absolute atomic E-state index is 0.178. The smallest absolute Gasteiger partial charge is 0.120 e. The molecule has 1 nitrogen and oxygen atoms in total. The van der Waals surface area contributed by atoms with E-state index in [-0.39, 0.29) is 5.92 Å². The van der Waals surface area contributed by atoms with Gasteiger partial charge in [-0.3, -0.25) is 0 Å². The molecule has 0 aromatic heterocycles. The van der Waals surface area contributed by atoms with Crippen molar-refractivity contribution in [1.82, 2.24) is 0 Å². The lowest BCUT2D eigenvalue weighted by molar-refractivity contribution is -0.108. The Labute approximate surface area is 62.4 Å². The first-order chi connectivity index (χ1) is 4.59. The Bertz CT molecular complexity index is 142. The largest absolute Gasteiger partial charge is 0.303 e. The van der Waals surface area contributed by atoms with Crippen molar-refractivity contribution in [2.45, 2.75) is 20.3 Å². The van der Waals surface area contributed by atoms with E-state index in [1.165, 1.54) is 0 Å². The average molecular weight is 138 g/mol. The lowest BCUT2D eigenvalue weighted by Crippen LogP contribution is -2.02. The molecule has 0 N–H and O–H groups in total. The number of carbonyl (C=O) groups excluding carboxylic acids is 1. The summed E-state index contributed by atoms with van der Waals surface area (Å²) >= 11 is 0. The molecule has 56 valence electrons. The minimum atomic E-state index is 0.178. The highest BCUT2D eigenvalue weighted by atomic mass is 16.1. The van der Waals surface area contributed by atoms with Crippen LogP contribution < -0.4 is 0 Å². The van der Waals surface area contributed by atoms with Gasteiger partial charge in [0, 0.05) is 12.3 Å². The highest BCUT2D eigenvalue weighted by molar-refractivity contribution is 5.51. The zero-order chi connectivity index (χ0) is 8.15. The Morgan fingerprint density at radius 2 is 1.80 bits per heavy atom. The van der Waals surface area contributed by atoms with Crippen molar-refractivity contribution in [2.75, 3.05) is 0 Å². The third kappa shape index (κ3) is 2.62. The quantitative estimate of drug-likeness (QED) is 0.430. The average Bonchev–Trinajstić information content (AvgIpc) is 1.81. The summed E-state index contributed by atoms with van der Waals surface area (Å²) in [6.07, 6.45) is 1.43. The van der Waals surface area contributed by atoms with Crippen LogP contribution in [0.15, 0.2) is 24.3 Å². The summed E-state index contributed by atoms with van der Waals surface area (Å²) in [6, 6.07) is 0. The third-order valence-electron chi connectivity index (χ3n) is 1.52. The van der Waals surface area contributed by atoms with Crippen LogP contribution in [0.1, 0.15) is 20.3 Å². The van der Waals surface area contributed by atoms with Gasteiger partial charge in [-0.05, 0) is 13.8 Å². The maximum atomic E-state index is 10.1. The van der Waals surface area contributed by atoms with Gasteiger partial charge < -0.3 is 4.79 Å². The van der Waals surface area contributed by atoms with Gasteiger partial charge in [0.25, 0.3) is 0 Å². The summed E-state index contributed by atoms with van der Waals surface area (Å²) in [5.74, 6) is 0.178. The molecule has 0 aliphatic rings. The molecule has 0 heterocycles. The van der Waals surface area contributed by atoms with Gasteiger partial charge in [-0.15, -0.1) is 0 Å². The van der Waals surface area contributed by atoms with E-state index < -0.39 is 0 Å². The van der Waals surface area contributed by atoms with Crippen molar-refractivity contribution in [2.24, 2.45) is 5.92 Å². The first-order valence-corrected chi connectivity index (χ1v) is 3.34. The zero-order valence-electron chi connectivity index (χ0n) is 6.68. The number of carbonyl (C=O) groups is 1. The first kappa shape index (κ1) is 9.15. The van der Waals surface area contributed by atoms with E-state index in [4.69, 9.17) is 0 Å². The molecule has 0 aliphatic heterocycles. The minimum Gasteiger partial charge on any atom is -0.303 e. The van der Waals surface area contributed by atoms with Gasteiger partial charge in [-0.2, -0.15) is 0 Å². The van der Waals surface area contributed by atoms with Crippen LogP contribution in [-0.2, 0) is 4.79 Å². The molecule has 0 saturated heterocycles. The van der Waals surface area contributed by atoms with E-state index in [0.717, 1.165) is 17.4 Å². The molecule has 10 heavy (non-hydrogen) atoms. The van der Waals surface area contributed by atoms with Gasteiger partial charge >= 0.3 is 0 Å². The molecule has 0 unspecified atom stereocenters. The Balaban J connectivity index is 4.11. The molecule has 1 heteroatoms. The molecule has 0 aliphatic carbocycles. The van der Waals surface area contributed by atoms with E-state index in [1.54, 1.807) is 0 Å². The van der Waals surface area contributed by atoms with Crippen LogP contribution in [0.3, 0.4) is 0 Å². The van der Waals surface area contributed by atoms with Crippen LogP contribution in [-0.4, -0.2) is 6.29 Å². The summed E-state index contributed by atoms with van der Waals surface area (Å²) < 4.78 is 0. The molecule has 0 bridgehead atoms. The van der Waals surface area contributed by atoms with Crippen LogP contribution in [0.5, 0.6) is 0 Å². The Kier molecular flexibility index (Phi) is 3.70. The number of allylic oxidation sites excluding steroid dienone is 2. The topological polar surface area (TPSA) is 17.1 Å². The van der Waals surface area contributed by atoms with Crippen molar-refractivity contribution in [1.29, 1.82) is 0 Å². The fourth-order valence-electron chi connectivity index (χ4n) is 0.919. The van der Waals surface area contributed by atoms with Gasteiger partial charge in [-0.1, -0.05) is 24.3 Å². The fraction of sp³-hybridized carbons (Fsp3) is 0.444. The maximum Gasteiger partial charge on any atom is 0.120 e. The van der Waals surface area contributed by atoms with E-state index >= 15 is 0 Å². The van der Waals surface area contributed by atoms with Crippen LogP contribution in [0, 0.1) is 5.92 Å². The number of hydrogen-bond acceptors (Lipinski definition) is 1. The van der Waals surface area contributed by atoms with E-state index in [9.17, 15) is 4.79 Å². The Morgan fingerprint density at radius 1 is 1.40 bits per heavy atom. The zero-order valence-corrected chi connectivity index (χ0v) is 6.68. The normalized spacial score (nSPS) is 9.50. The van der Waals surface area contributed by atoms with Gasteiger partial charge in [-0.25, -0.2) is 0 Å². The SMILES string of the molecule is C=C(C)C(CC=O)C(=C)C. The summed E-state index contributed by atoms with van der Waals surface area (Å²) in [5.41, 5.74) is 2.03. The lowest BCUT2D eigenvalue weighted by atomic mass is 9.92. The molecule has 0 amide bonds. The lowest BCUT2D eigenvalue weighted by Gasteiger charge is -2.12. The van der Waals surface area contributed by atoms with Crippen molar-refractivity contribution in [3.8, 4) is 0 Å². The van der Waals surface area contributed by atoms with E-state index in [1.807, 2.05) is 13.8 Å². The van der Waals surface area contributed by atoms with Gasteiger partial charge in [0.05, 0.1) is 0 Å². The number of aldehydes is 1. The Hall–Kier alpha value is -0.850. The Morgan fingerprint density at radius 3 is 1.90 bits per heavy atom. The second-order valence-corrected chi connectivity index (χ2v) is 2.65. The predicted molar refractivity (Wildman–Crippen MR) is 43.8 cm³/mol. The van der Waals surface area contributed by atoms with E-state index in [2.05, 4.69) is 13.2 Å². The third-order valence-corrected chi connectivity index (χ3v) is 1.52. The molecule has 0 spiro atoms. The van der Waals surface area contributed by atoms with Crippen LogP contribution >= 0.6 is 0 Å². The highest BCUT2D eigenvalue weighted by Gasteiger charge is 2.07. The van der Waals surface area contributed by atoms with Gasteiger partial charge in [0.1, 0.15) is 6.29 Å². The van der Waals surface area contributed by atoms with E-state index in [0.29, 0.717) is 6.42 Å². The summed E-state index contributed by atoms with van der Waals surface area (Å²) in [4.78, 5) is 10.1. The molecule has 0 radical (unpaired) electrons. The summed E-state index contributed by atoms with van der Waals surface area (Å²) in [7, 11) is 0. The fourth-order valence-corrected chi connectivity index (χ4v) is 0.919. The maximum absolute atomic E-state index is 10.1. The van der Waals surface area contributed by atoms with Crippen molar-refractivity contribution >= 4 is 6.29 Å². The molecule has 0 aromatic rings.